The fourth-order valence-corrected chi connectivity index (χ4v) is 7.43. The van der Waals surface area contributed by atoms with Gasteiger partial charge in [-0.25, -0.2) is 14.8 Å². The van der Waals surface area contributed by atoms with Crippen LogP contribution in [0.3, 0.4) is 0 Å². The number of anilines is 1. The van der Waals surface area contributed by atoms with Crippen molar-refractivity contribution in [3.8, 4) is 0 Å². The molecule has 2 aliphatic rings. The number of nitrogens with one attached hydrogen (secondary N) is 4. The molecule has 278 valence electrons. The molecule has 14 nitrogen and oxygen atoms in total. The Hall–Kier alpha value is -5.57. The second-order valence-electron chi connectivity index (χ2n) is 13.6. The Labute approximate surface area is 311 Å². The van der Waals surface area contributed by atoms with Crippen LogP contribution in [-0.2, 0) is 11.2 Å². The van der Waals surface area contributed by atoms with Crippen molar-refractivity contribution in [1.29, 1.82) is 0 Å². The molecule has 0 spiro atoms. The van der Waals surface area contributed by atoms with Crippen molar-refractivity contribution in [2.75, 3.05) is 37.6 Å². The zero-order valence-corrected chi connectivity index (χ0v) is 31.0. The van der Waals surface area contributed by atoms with Crippen LogP contribution in [0.1, 0.15) is 97.9 Å². The highest BCUT2D eigenvalue weighted by molar-refractivity contribution is 7.09. The monoisotopic (exact) mass is 740 g/mol. The molecule has 53 heavy (non-hydrogen) atoms. The number of hydrogen-bond donors (Lipinski definition) is 4. The van der Waals surface area contributed by atoms with E-state index in [1.54, 1.807) is 34.2 Å². The Balaban J connectivity index is 1.29. The van der Waals surface area contributed by atoms with E-state index < -0.39 is 23.9 Å². The molecule has 6 amide bonds. The van der Waals surface area contributed by atoms with Gasteiger partial charge >= 0.3 is 6.03 Å². The first-order chi connectivity index (χ1) is 25.5. The Morgan fingerprint density at radius 1 is 0.943 bits per heavy atom. The molecular formula is C38H44N8O6S. The number of nitrogens with zero attached hydrogens (tertiary/aromatic N) is 4. The predicted octanol–water partition coefficient (Wildman–Crippen LogP) is 4.47. The van der Waals surface area contributed by atoms with Gasteiger partial charge in [-0.2, -0.15) is 0 Å². The average Bonchev–Trinajstić information content (AvgIpc) is 3.89. The average molecular weight is 741 g/mol. The van der Waals surface area contributed by atoms with Crippen molar-refractivity contribution < 1.29 is 28.4 Å². The maximum absolute atomic E-state index is 14.0. The predicted molar refractivity (Wildman–Crippen MR) is 199 cm³/mol. The summed E-state index contributed by atoms with van der Waals surface area (Å²) in [5.74, 6) is -1.01. The second kappa shape index (κ2) is 16.4. The van der Waals surface area contributed by atoms with Crippen molar-refractivity contribution in [1.82, 2.24) is 36.1 Å². The molecule has 2 aliphatic heterocycles. The van der Waals surface area contributed by atoms with E-state index in [1.807, 2.05) is 57.2 Å². The molecule has 0 radical (unpaired) electrons. The lowest BCUT2D eigenvalue weighted by Crippen LogP contribution is -2.40. The minimum atomic E-state index is -0.667. The van der Waals surface area contributed by atoms with Crippen molar-refractivity contribution in [3.05, 3.63) is 98.6 Å². The number of aromatic nitrogens is 2. The van der Waals surface area contributed by atoms with E-state index in [0.717, 1.165) is 11.1 Å². The van der Waals surface area contributed by atoms with Gasteiger partial charge < -0.3 is 30.6 Å². The number of urea groups is 1. The molecule has 0 unspecified atom stereocenters. The smallest absolute Gasteiger partial charge is 0.322 e. The number of carbonyl (C=O) groups is 5. The van der Waals surface area contributed by atoms with Crippen LogP contribution in [0.25, 0.3) is 0 Å². The van der Waals surface area contributed by atoms with Gasteiger partial charge in [0.05, 0.1) is 6.04 Å². The van der Waals surface area contributed by atoms with Crippen molar-refractivity contribution in [3.63, 3.8) is 0 Å². The highest BCUT2D eigenvalue weighted by Gasteiger charge is 2.30. The number of rotatable bonds is 5. The summed E-state index contributed by atoms with van der Waals surface area (Å²) in [6.45, 7) is 8.95. The first-order valence-electron chi connectivity index (χ1n) is 17.8. The number of amides is 6. The molecule has 15 heteroatoms. The number of aryl methyl sites for hydroxylation is 2. The summed E-state index contributed by atoms with van der Waals surface area (Å²) in [5, 5.41) is 13.9. The van der Waals surface area contributed by atoms with Gasteiger partial charge in [0.2, 0.25) is 11.8 Å². The number of benzene rings is 2. The summed E-state index contributed by atoms with van der Waals surface area (Å²) in [6, 6.07) is 13.4. The third-order valence-corrected chi connectivity index (χ3v) is 10.2. The maximum atomic E-state index is 14.0. The van der Waals surface area contributed by atoms with E-state index in [4.69, 9.17) is 4.42 Å². The molecule has 0 aliphatic carbocycles. The van der Waals surface area contributed by atoms with Gasteiger partial charge in [-0.1, -0.05) is 50.2 Å². The van der Waals surface area contributed by atoms with Crippen LogP contribution in [0.4, 0.5) is 10.5 Å². The Kier molecular flexibility index (Phi) is 11.5. The normalized spacial score (nSPS) is 19.0. The van der Waals surface area contributed by atoms with Crippen LogP contribution in [0.2, 0.25) is 0 Å². The number of hydrogen-bond acceptors (Lipinski definition) is 9. The topological polar surface area (TPSA) is 179 Å². The lowest BCUT2D eigenvalue weighted by atomic mass is 10.0. The second-order valence-corrected chi connectivity index (χ2v) is 14.5. The van der Waals surface area contributed by atoms with Crippen molar-refractivity contribution in [2.24, 2.45) is 5.92 Å². The Morgan fingerprint density at radius 2 is 1.72 bits per heavy atom. The van der Waals surface area contributed by atoms with Gasteiger partial charge in [0.15, 0.2) is 5.69 Å². The minimum absolute atomic E-state index is 0.0719. The van der Waals surface area contributed by atoms with E-state index in [1.165, 1.54) is 11.3 Å². The first kappa shape index (κ1) is 37.2. The largest absolute Gasteiger partial charge is 0.443 e. The van der Waals surface area contributed by atoms with E-state index >= 15 is 0 Å². The lowest BCUT2D eigenvalue weighted by Gasteiger charge is -2.24. The van der Waals surface area contributed by atoms with Crippen molar-refractivity contribution in [2.45, 2.75) is 59.0 Å². The molecular weight excluding hydrogens is 697 g/mol. The molecule has 2 aromatic heterocycles. The van der Waals surface area contributed by atoms with Crippen LogP contribution >= 0.6 is 11.3 Å². The summed E-state index contributed by atoms with van der Waals surface area (Å²) >= 11 is 1.27. The fourth-order valence-electron chi connectivity index (χ4n) is 6.41. The van der Waals surface area contributed by atoms with Crippen molar-refractivity contribution >= 4 is 46.7 Å². The van der Waals surface area contributed by atoms with Gasteiger partial charge in [0, 0.05) is 62.2 Å². The van der Waals surface area contributed by atoms with E-state index in [2.05, 4.69) is 31.2 Å². The van der Waals surface area contributed by atoms with Gasteiger partial charge in [-0.15, -0.1) is 11.3 Å². The van der Waals surface area contributed by atoms with E-state index in [-0.39, 0.29) is 67.1 Å². The first-order valence-corrected chi connectivity index (χ1v) is 18.7. The number of carbonyl (C=O) groups excluding carboxylic acids is 5. The molecule has 0 saturated carbocycles. The summed E-state index contributed by atoms with van der Waals surface area (Å²) in [7, 11) is 0. The van der Waals surface area contributed by atoms with Gasteiger partial charge in [0.1, 0.15) is 22.5 Å². The third kappa shape index (κ3) is 8.74. The quantitative estimate of drug-likeness (QED) is 0.232. The molecule has 2 aromatic carbocycles. The molecule has 4 heterocycles. The minimum Gasteiger partial charge on any atom is -0.443 e. The molecule has 1 fully saturated rings. The van der Waals surface area contributed by atoms with Crippen LogP contribution < -0.4 is 26.2 Å². The van der Waals surface area contributed by atoms with E-state index in [9.17, 15) is 24.0 Å². The molecule has 2 atom stereocenters. The maximum Gasteiger partial charge on any atom is 0.322 e. The third-order valence-electron chi connectivity index (χ3n) is 9.31. The number of oxazole rings is 1. The molecule has 4 aromatic rings. The fraction of sp³-hybridized carbons (Fsp3) is 0.395. The van der Waals surface area contributed by atoms with Crippen LogP contribution in [0.15, 0.2) is 58.3 Å². The standard InChI is InChI=1S/C38H44N8O6S/c1-22(2)31-36-42-28(21-53-36)33(48)39-14-17-45(37(50)26-13-12-23(3)29(20-26)46-18-15-40-38(46)51)16-8-11-30(47)41-27(19-25-9-6-5-7-10-25)35-44-32(24(4)52-35)34(49)43-31/h5-7,9-10,12-13,20-22,27,31H,8,11,14-19H2,1-4H3,(H,39,48)(H,40,51)(H,41,47)(H,43,49)/t27-,31-/m0/s1. The van der Waals surface area contributed by atoms with Gasteiger partial charge in [0.25, 0.3) is 17.7 Å². The van der Waals surface area contributed by atoms with Crippen LogP contribution in [0, 0.1) is 19.8 Å². The summed E-state index contributed by atoms with van der Waals surface area (Å²) in [6.07, 6.45) is 0.777. The Morgan fingerprint density at radius 3 is 2.45 bits per heavy atom. The van der Waals surface area contributed by atoms with Gasteiger partial charge in [-0.05, 0) is 49.4 Å². The number of fused-ring (bicyclic) bond motifs is 4. The number of thiazole rings is 1. The summed E-state index contributed by atoms with van der Waals surface area (Å²) < 4.78 is 6.03. The highest BCUT2D eigenvalue weighted by atomic mass is 32.1. The summed E-state index contributed by atoms with van der Waals surface area (Å²) in [4.78, 5) is 79.1. The molecule has 4 bridgehead atoms. The van der Waals surface area contributed by atoms with Crippen LogP contribution in [0.5, 0.6) is 0 Å². The lowest BCUT2D eigenvalue weighted by molar-refractivity contribution is -0.122. The van der Waals surface area contributed by atoms with E-state index in [0.29, 0.717) is 47.9 Å². The molecule has 4 N–H and O–H groups in total. The SMILES string of the molecule is Cc1ccc(C(=O)N2CCCC(=O)N[C@@H](Cc3ccccc3)c3nc(c(C)o3)C(=O)N[C@@H](C(C)C)c3nc(cs3)C(=O)NCC2)cc1N1CCNC1=O. The highest BCUT2D eigenvalue weighted by Crippen LogP contribution is 2.28. The molecule has 6 rings (SSSR count). The van der Waals surface area contributed by atoms with Gasteiger partial charge in [-0.3, -0.25) is 24.1 Å². The van der Waals surface area contributed by atoms with Crippen LogP contribution in [-0.4, -0.2) is 77.3 Å². The summed E-state index contributed by atoms with van der Waals surface area (Å²) in [5.41, 5.74) is 3.13. The zero-order chi connectivity index (χ0) is 37.6. The zero-order valence-electron chi connectivity index (χ0n) is 30.2. The molecule has 1 saturated heterocycles. The Bertz CT molecular complexity index is 1990.